The molecule has 0 spiro atoms. The third kappa shape index (κ3) is 4.45. The summed E-state index contributed by atoms with van der Waals surface area (Å²) < 4.78 is 0. The van der Waals surface area contributed by atoms with Crippen LogP contribution in [0.4, 0.5) is 0 Å². The molecule has 23 heavy (non-hydrogen) atoms. The highest BCUT2D eigenvalue weighted by molar-refractivity contribution is 7.98. The van der Waals surface area contributed by atoms with Gasteiger partial charge in [0, 0.05) is 19.5 Å². The summed E-state index contributed by atoms with van der Waals surface area (Å²) in [6.45, 7) is 0. The number of fused-ring (bicyclic) bond motifs is 1. The highest BCUT2D eigenvalue weighted by Crippen LogP contribution is 2.12. The largest absolute Gasteiger partial charge is 0.347 e. The Morgan fingerprint density at radius 2 is 1.96 bits per heavy atom. The van der Waals surface area contributed by atoms with Gasteiger partial charge < -0.3 is 10.2 Å². The molecule has 0 unspecified atom stereocenters. The molecule has 0 aliphatic rings. The molecule has 1 atom stereocenters. The topological polar surface area (TPSA) is 62.3 Å². The van der Waals surface area contributed by atoms with E-state index in [0.29, 0.717) is 12.1 Å². The van der Waals surface area contributed by atoms with Gasteiger partial charge in [-0.15, -0.1) is 0 Å². The Morgan fingerprint density at radius 3 is 2.65 bits per heavy atom. The minimum Gasteiger partial charge on any atom is -0.347 e. The minimum absolute atomic E-state index is 0.104. The molecule has 1 heterocycles. The standard InChI is InChI=1S/C17H21N3O2S/c1-20(2)17(22)15(10-11-23-3)19-16(21)14-9-8-12-6-4-5-7-13(12)18-14/h4-9,15H,10-11H2,1-3H3,(H,19,21)/t15-/m0/s1. The molecule has 0 aliphatic heterocycles. The number of carbonyl (C=O) groups excluding carboxylic acids is 2. The monoisotopic (exact) mass is 331 g/mol. The Bertz CT molecular complexity index is 703. The number of para-hydroxylation sites is 1. The summed E-state index contributed by atoms with van der Waals surface area (Å²) in [5.74, 6) is 0.376. The lowest BCUT2D eigenvalue weighted by Crippen LogP contribution is -2.46. The number of carbonyl (C=O) groups is 2. The number of rotatable bonds is 6. The minimum atomic E-state index is -0.529. The van der Waals surface area contributed by atoms with Crippen molar-refractivity contribution in [1.82, 2.24) is 15.2 Å². The summed E-state index contributed by atoms with van der Waals surface area (Å²) in [6, 6.07) is 10.6. The number of amides is 2. The van der Waals surface area contributed by atoms with E-state index in [1.807, 2.05) is 36.6 Å². The molecule has 1 aromatic carbocycles. The van der Waals surface area contributed by atoms with Crippen molar-refractivity contribution in [3.8, 4) is 0 Å². The first-order chi connectivity index (χ1) is 11.0. The van der Waals surface area contributed by atoms with E-state index < -0.39 is 6.04 Å². The van der Waals surface area contributed by atoms with E-state index in [9.17, 15) is 9.59 Å². The van der Waals surface area contributed by atoms with Crippen molar-refractivity contribution in [1.29, 1.82) is 0 Å². The van der Waals surface area contributed by atoms with Crippen LogP contribution >= 0.6 is 11.8 Å². The smallest absolute Gasteiger partial charge is 0.270 e. The molecule has 0 saturated carbocycles. The van der Waals surface area contributed by atoms with Gasteiger partial charge in [0.2, 0.25) is 5.91 Å². The van der Waals surface area contributed by atoms with Crippen molar-refractivity contribution in [2.75, 3.05) is 26.1 Å². The molecule has 0 radical (unpaired) electrons. The number of pyridine rings is 1. The Morgan fingerprint density at radius 1 is 1.22 bits per heavy atom. The first-order valence-electron chi connectivity index (χ1n) is 7.39. The quantitative estimate of drug-likeness (QED) is 0.881. The van der Waals surface area contributed by atoms with Crippen molar-refractivity contribution in [2.24, 2.45) is 0 Å². The van der Waals surface area contributed by atoms with Gasteiger partial charge in [-0.3, -0.25) is 9.59 Å². The van der Waals surface area contributed by atoms with Crippen LogP contribution in [-0.4, -0.2) is 53.8 Å². The number of likely N-dealkylation sites (N-methyl/N-ethyl adjacent to an activating group) is 1. The molecule has 2 amide bonds. The van der Waals surface area contributed by atoms with Gasteiger partial charge >= 0.3 is 0 Å². The first-order valence-corrected chi connectivity index (χ1v) is 8.79. The van der Waals surface area contributed by atoms with Crippen molar-refractivity contribution < 1.29 is 9.59 Å². The molecular formula is C17H21N3O2S. The van der Waals surface area contributed by atoms with Gasteiger partial charge in [0.05, 0.1) is 5.52 Å². The Kier molecular flexibility index (Phi) is 5.98. The highest BCUT2D eigenvalue weighted by atomic mass is 32.2. The number of hydrogen-bond acceptors (Lipinski definition) is 4. The predicted molar refractivity (Wildman–Crippen MR) is 94.7 cm³/mol. The molecule has 1 aromatic heterocycles. The fourth-order valence-electron chi connectivity index (χ4n) is 2.23. The van der Waals surface area contributed by atoms with E-state index in [1.165, 1.54) is 4.90 Å². The number of nitrogens with zero attached hydrogens (tertiary/aromatic N) is 2. The van der Waals surface area contributed by atoms with Crippen LogP contribution < -0.4 is 5.32 Å². The van der Waals surface area contributed by atoms with Crippen LogP contribution in [0.5, 0.6) is 0 Å². The average Bonchev–Trinajstić information content (AvgIpc) is 2.57. The third-order valence-electron chi connectivity index (χ3n) is 3.49. The lowest BCUT2D eigenvalue weighted by atomic mass is 10.1. The van der Waals surface area contributed by atoms with Crippen molar-refractivity contribution in [2.45, 2.75) is 12.5 Å². The van der Waals surface area contributed by atoms with Gasteiger partial charge in [0.1, 0.15) is 11.7 Å². The van der Waals surface area contributed by atoms with Crippen LogP contribution in [0.1, 0.15) is 16.9 Å². The molecule has 0 aliphatic carbocycles. The Labute approximate surface area is 140 Å². The van der Waals surface area contributed by atoms with E-state index in [1.54, 1.807) is 31.9 Å². The van der Waals surface area contributed by atoms with Crippen molar-refractivity contribution in [3.63, 3.8) is 0 Å². The van der Waals surface area contributed by atoms with E-state index in [0.717, 1.165) is 16.7 Å². The lowest BCUT2D eigenvalue weighted by molar-refractivity contribution is -0.130. The fraction of sp³-hybridized carbons (Fsp3) is 0.353. The second kappa shape index (κ2) is 7.97. The van der Waals surface area contributed by atoms with Gasteiger partial charge in [0.25, 0.3) is 5.91 Å². The predicted octanol–water partition coefficient (Wildman–Crippen LogP) is 2.17. The van der Waals surface area contributed by atoms with Gasteiger partial charge in [0.15, 0.2) is 0 Å². The van der Waals surface area contributed by atoms with E-state index in [4.69, 9.17) is 0 Å². The molecule has 2 aromatic rings. The highest BCUT2D eigenvalue weighted by Gasteiger charge is 2.23. The zero-order valence-electron chi connectivity index (χ0n) is 13.6. The zero-order valence-corrected chi connectivity index (χ0v) is 14.4. The van der Waals surface area contributed by atoms with Crippen LogP contribution in [0.15, 0.2) is 36.4 Å². The molecule has 0 bridgehead atoms. The van der Waals surface area contributed by atoms with Crippen LogP contribution in [0.25, 0.3) is 10.9 Å². The first kappa shape index (κ1) is 17.3. The summed E-state index contributed by atoms with van der Waals surface area (Å²) in [5.41, 5.74) is 1.09. The maximum atomic E-state index is 12.4. The van der Waals surface area contributed by atoms with E-state index in [2.05, 4.69) is 10.3 Å². The van der Waals surface area contributed by atoms with Gasteiger partial charge in [-0.2, -0.15) is 11.8 Å². The fourth-order valence-corrected chi connectivity index (χ4v) is 2.70. The van der Waals surface area contributed by atoms with Gasteiger partial charge in [-0.25, -0.2) is 4.98 Å². The lowest BCUT2D eigenvalue weighted by Gasteiger charge is -2.21. The van der Waals surface area contributed by atoms with Crippen LogP contribution in [-0.2, 0) is 4.79 Å². The second-order valence-corrected chi connectivity index (χ2v) is 6.41. The summed E-state index contributed by atoms with van der Waals surface area (Å²) in [7, 11) is 3.38. The second-order valence-electron chi connectivity index (χ2n) is 5.43. The molecule has 6 heteroatoms. The molecule has 0 fully saturated rings. The van der Waals surface area contributed by atoms with E-state index in [-0.39, 0.29) is 11.8 Å². The molecule has 1 N–H and O–H groups in total. The van der Waals surface area contributed by atoms with Crippen LogP contribution in [0, 0.1) is 0 Å². The number of aromatic nitrogens is 1. The van der Waals surface area contributed by atoms with E-state index >= 15 is 0 Å². The van der Waals surface area contributed by atoms with Gasteiger partial charge in [-0.05, 0) is 30.6 Å². The number of thioether (sulfide) groups is 1. The summed E-state index contributed by atoms with van der Waals surface area (Å²) >= 11 is 1.65. The molecule has 122 valence electrons. The Hall–Kier alpha value is -2.08. The number of nitrogens with one attached hydrogen (secondary N) is 1. The molecule has 0 saturated heterocycles. The van der Waals surface area contributed by atoms with Crippen molar-refractivity contribution >= 4 is 34.5 Å². The molecule has 2 rings (SSSR count). The maximum Gasteiger partial charge on any atom is 0.270 e. The zero-order chi connectivity index (χ0) is 16.8. The number of hydrogen-bond donors (Lipinski definition) is 1. The SMILES string of the molecule is CSCC[C@H](NC(=O)c1ccc2ccccc2n1)C(=O)N(C)C. The summed E-state index contributed by atoms with van der Waals surface area (Å²) in [4.78, 5) is 30.5. The Balaban J connectivity index is 2.17. The average molecular weight is 331 g/mol. The van der Waals surface area contributed by atoms with Crippen molar-refractivity contribution in [3.05, 3.63) is 42.1 Å². The van der Waals surface area contributed by atoms with Crippen LogP contribution in [0.2, 0.25) is 0 Å². The summed E-state index contributed by atoms with van der Waals surface area (Å²) in [6.07, 6.45) is 2.57. The number of benzene rings is 1. The summed E-state index contributed by atoms with van der Waals surface area (Å²) in [5, 5.41) is 3.79. The normalized spacial score (nSPS) is 12.0. The van der Waals surface area contributed by atoms with Crippen LogP contribution in [0.3, 0.4) is 0 Å². The molecular weight excluding hydrogens is 310 g/mol. The third-order valence-corrected chi connectivity index (χ3v) is 4.13. The molecule has 5 nitrogen and oxygen atoms in total. The maximum absolute atomic E-state index is 12.4. The van der Waals surface area contributed by atoms with Gasteiger partial charge in [-0.1, -0.05) is 24.3 Å².